The van der Waals surface area contributed by atoms with E-state index in [0.717, 1.165) is 22.4 Å². The molecule has 1 aromatic carbocycles. The lowest BCUT2D eigenvalue weighted by atomic mass is 9.99. The minimum Gasteiger partial charge on any atom is -0.497 e. The van der Waals surface area contributed by atoms with Gasteiger partial charge in [-0.3, -0.25) is 14.6 Å². The summed E-state index contributed by atoms with van der Waals surface area (Å²) in [5, 5.41) is 9.90. The van der Waals surface area contributed by atoms with Gasteiger partial charge in [0.25, 0.3) is 5.91 Å². The van der Waals surface area contributed by atoms with Crippen molar-refractivity contribution in [1.82, 2.24) is 19.8 Å². The Morgan fingerprint density at radius 1 is 1.24 bits per heavy atom. The van der Waals surface area contributed by atoms with Gasteiger partial charge in [-0.25, -0.2) is 4.98 Å². The van der Waals surface area contributed by atoms with Gasteiger partial charge in [-0.15, -0.1) is 0 Å². The number of aromatic nitrogens is 2. The Labute approximate surface area is 223 Å². The first-order valence-corrected chi connectivity index (χ1v) is 12.7. The van der Waals surface area contributed by atoms with Gasteiger partial charge in [0.2, 0.25) is 11.8 Å². The van der Waals surface area contributed by atoms with Crippen LogP contribution in [0, 0.1) is 5.92 Å². The molecule has 0 saturated carbocycles. The zero-order valence-electron chi connectivity index (χ0n) is 22.2. The average molecular weight is 519 g/mol. The van der Waals surface area contributed by atoms with Gasteiger partial charge in [-0.05, 0) is 42.3 Å². The van der Waals surface area contributed by atoms with Crippen molar-refractivity contribution in [3.8, 4) is 22.8 Å². The maximum atomic E-state index is 13.7. The lowest BCUT2D eigenvalue weighted by Gasteiger charge is -2.37. The largest absolute Gasteiger partial charge is 0.497 e. The number of carbonyl (C=O) groups is 2. The van der Waals surface area contributed by atoms with Gasteiger partial charge in [-0.1, -0.05) is 25.1 Å². The molecule has 200 valence electrons. The van der Waals surface area contributed by atoms with Crippen LogP contribution in [0.4, 0.5) is 0 Å². The Hall–Kier alpha value is -3.98. The maximum absolute atomic E-state index is 13.7. The third-order valence-electron chi connectivity index (χ3n) is 6.90. The highest BCUT2D eigenvalue weighted by Gasteiger charge is 2.34. The average Bonchev–Trinajstić information content (AvgIpc) is 2.94. The summed E-state index contributed by atoms with van der Waals surface area (Å²) in [6.45, 7) is 4.30. The van der Waals surface area contributed by atoms with Crippen molar-refractivity contribution in [1.29, 1.82) is 0 Å². The molecule has 2 amide bonds. The molecule has 0 saturated heterocycles. The molecule has 1 N–H and O–H groups in total. The number of benzene rings is 1. The van der Waals surface area contributed by atoms with E-state index in [1.165, 1.54) is 0 Å². The Morgan fingerprint density at radius 3 is 2.66 bits per heavy atom. The lowest BCUT2D eigenvalue weighted by molar-refractivity contribution is -0.130. The molecular weight excluding hydrogens is 484 g/mol. The quantitative estimate of drug-likeness (QED) is 0.489. The third-order valence-corrected chi connectivity index (χ3v) is 6.90. The van der Waals surface area contributed by atoms with E-state index in [1.807, 2.05) is 44.2 Å². The fourth-order valence-corrected chi connectivity index (χ4v) is 4.45. The number of methoxy groups -OCH3 is 1. The van der Waals surface area contributed by atoms with Gasteiger partial charge in [0.15, 0.2) is 0 Å². The van der Waals surface area contributed by atoms with Crippen LogP contribution in [0.5, 0.6) is 11.6 Å². The number of aliphatic hydroxyl groups excluding tert-OH is 1. The van der Waals surface area contributed by atoms with Gasteiger partial charge in [0, 0.05) is 43.7 Å². The molecule has 1 aliphatic rings. The molecule has 38 heavy (non-hydrogen) atoms. The fourth-order valence-electron chi connectivity index (χ4n) is 4.45. The molecular formula is C29H34N4O5. The van der Waals surface area contributed by atoms with Crippen molar-refractivity contribution in [2.24, 2.45) is 5.92 Å². The van der Waals surface area contributed by atoms with E-state index in [9.17, 15) is 14.7 Å². The lowest BCUT2D eigenvalue weighted by Crippen LogP contribution is -2.50. The van der Waals surface area contributed by atoms with Crippen molar-refractivity contribution < 1.29 is 24.2 Å². The number of aliphatic hydroxyl groups is 1. The number of pyridine rings is 2. The van der Waals surface area contributed by atoms with Crippen molar-refractivity contribution in [2.45, 2.75) is 32.4 Å². The van der Waals surface area contributed by atoms with Crippen LogP contribution in [0.2, 0.25) is 0 Å². The second-order valence-corrected chi connectivity index (χ2v) is 9.74. The van der Waals surface area contributed by atoms with Crippen molar-refractivity contribution in [3.05, 3.63) is 72.2 Å². The molecule has 0 radical (unpaired) electrons. The molecule has 9 nitrogen and oxygen atoms in total. The van der Waals surface area contributed by atoms with Crippen LogP contribution in [0.1, 0.15) is 29.8 Å². The first-order chi connectivity index (χ1) is 18.3. The second kappa shape index (κ2) is 12.0. The summed E-state index contributed by atoms with van der Waals surface area (Å²) in [7, 11) is 3.35. The van der Waals surface area contributed by atoms with Crippen LogP contribution in [0.25, 0.3) is 11.1 Å². The van der Waals surface area contributed by atoms with Crippen LogP contribution in [0.3, 0.4) is 0 Å². The predicted molar refractivity (Wildman–Crippen MR) is 143 cm³/mol. The highest BCUT2D eigenvalue weighted by Crippen LogP contribution is 2.31. The molecule has 4 rings (SSSR count). The molecule has 9 heteroatoms. The molecule has 0 unspecified atom stereocenters. The maximum Gasteiger partial charge on any atom is 0.259 e. The summed E-state index contributed by atoms with van der Waals surface area (Å²) in [4.78, 5) is 38.5. The summed E-state index contributed by atoms with van der Waals surface area (Å²) in [6, 6.07) is 12.5. The molecule has 0 spiro atoms. The molecule has 0 fully saturated rings. The van der Waals surface area contributed by atoms with Crippen LogP contribution >= 0.6 is 0 Å². The number of hydrogen-bond donors (Lipinski definition) is 1. The molecule has 3 heterocycles. The minimum absolute atomic E-state index is 0.0597. The SMILES string of the molecule is COc1ccc(-c2cnc3c(c2)C(=O)N([C@H](C)CO)C[C@H](C)[C@H](CN(C)C(=O)Cc2cccnc2)O3)cc1. The Kier molecular flexibility index (Phi) is 8.58. The van der Waals surface area contributed by atoms with Crippen molar-refractivity contribution >= 4 is 11.8 Å². The number of rotatable bonds is 8. The number of carbonyl (C=O) groups excluding carboxylic acids is 2. The number of amides is 2. The minimum atomic E-state index is -0.419. The van der Waals surface area contributed by atoms with Crippen LogP contribution in [0.15, 0.2) is 61.1 Å². The highest BCUT2D eigenvalue weighted by atomic mass is 16.5. The number of fused-ring (bicyclic) bond motifs is 1. The first-order valence-electron chi connectivity index (χ1n) is 12.7. The van der Waals surface area contributed by atoms with Gasteiger partial charge >= 0.3 is 0 Å². The van der Waals surface area contributed by atoms with Crippen LogP contribution < -0.4 is 9.47 Å². The van der Waals surface area contributed by atoms with E-state index in [-0.39, 0.29) is 36.6 Å². The Morgan fingerprint density at radius 2 is 2.00 bits per heavy atom. The van der Waals surface area contributed by atoms with E-state index in [0.29, 0.717) is 18.7 Å². The molecule has 3 atom stereocenters. The fraction of sp³-hybridized carbons (Fsp3) is 0.379. The normalized spacial score (nSPS) is 18.0. The van der Waals surface area contributed by atoms with Gasteiger partial charge in [0.05, 0.1) is 32.7 Å². The van der Waals surface area contributed by atoms with Gasteiger partial charge in [-0.2, -0.15) is 0 Å². The number of ether oxygens (including phenoxy) is 2. The molecule has 1 aliphatic heterocycles. The summed E-state index contributed by atoms with van der Waals surface area (Å²) in [5.41, 5.74) is 2.79. The smallest absolute Gasteiger partial charge is 0.259 e. The predicted octanol–water partition coefficient (Wildman–Crippen LogP) is 3.07. The third kappa shape index (κ3) is 6.11. The molecule has 0 bridgehead atoms. The Bertz CT molecular complexity index is 1250. The standard InChI is InChI=1S/C29H34N4O5/c1-19-16-33(20(2)18-34)29(36)25-13-23(22-7-9-24(37-4)10-8-22)15-31-28(25)38-26(19)17-32(3)27(35)12-21-6-5-11-30-14-21/h5-11,13-15,19-20,26,34H,12,16-18H2,1-4H3/t19-,20+,26-/m0/s1. The number of nitrogens with zero attached hydrogens (tertiary/aromatic N) is 4. The monoisotopic (exact) mass is 518 g/mol. The first kappa shape index (κ1) is 27.1. The zero-order valence-corrected chi connectivity index (χ0v) is 22.2. The Balaban J connectivity index is 1.63. The summed E-state index contributed by atoms with van der Waals surface area (Å²) in [6.07, 6.45) is 4.84. The van der Waals surface area contributed by atoms with E-state index in [4.69, 9.17) is 9.47 Å². The van der Waals surface area contributed by atoms with E-state index in [1.54, 1.807) is 54.7 Å². The number of likely N-dealkylation sites (N-methyl/N-ethyl adjacent to an activating group) is 1. The second-order valence-electron chi connectivity index (χ2n) is 9.74. The van der Waals surface area contributed by atoms with Gasteiger partial charge in [0.1, 0.15) is 17.4 Å². The van der Waals surface area contributed by atoms with Crippen LogP contribution in [-0.4, -0.2) is 82.7 Å². The van der Waals surface area contributed by atoms with Crippen molar-refractivity contribution in [2.75, 3.05) is 33.9 Å². The van der Waals surface area contributed by atoms with Gasteiger partial charge < -0.3 is 24.4 Å². The van der Waals surface area contributed by atoms with E-state index < -0.39 is 12.1 Å². The summed E-state index contributed by atoms with van der Waals surface area (Å²) < 4.78 is 11.6. The molecule has 2 aromatic heterocycles. The van der Waals surface area contributed by atoms with E-state index in [2.05, 4.69) is 9.97 Å². The highest BCUT2D eigenvalue weighted by molar-refractivity contribution is 5.98. The molecule has 0 aliphatic carbocycles. The molecule has 3 aromatic rings. The summed E-state index contributed by atoms with van der Waals surface area (Å²) in [5.74, 6) is 0.505. The topological polar surface area (TPSA) is 105 Å². The van der Waals surface area contributed by atoms with E-state index >= 15 is 0 Å². The zero-order chi connectivity index (χ0) is 27.2. The van der Waals surface area contributed by atoms with Crippen LogP contribution in [-0.2, 0) is 11.2 Å². The number of hydrogen-bond acceptors (Lipinski definition) is 7. The van der Waals surface area contributed by atoms with Crippen molar-refractivity contribution in [3.63, 3.8) is 0 Å². The summed E-state index contributed by atoms with van der Waals surface area (Å²) >= 11 is 0.